The van der Waals surface area contributed by atoms with Gasteiger partial charge in [0.05, 0.1) is 4.90 Å². The maximum Gasteiger partial charge on any atom is 0.332 e. The van der Waals surface area contributed by atoms with Crippen molar-refractivity contribution in [1.82, 2.24) is 20.2 Å². The van der Waals surface area contributed by atoms with Crippen molar-refractivity contribution in [2.24, 2.45) is 0 Å². The molecule has 126 valence electrons. The van der Waals surface area contributed by atoms with Crippen LogP contribution in [0.2, 0.25) is 0 Å². The summed E-state index contributed by atoms with van der Waals surface area (Å²) in [6.45, 7) is 0. The number of hydrogen-bond acceptors (Lipinski definition) is 6. The lowest BCUT2D eigenvalue weighted by molar-refractivity contribution is 0.552. The van der Waals surface area contributed by atoms with Crippen LogP contribution in [0.1, 0.15) is 17.2 Å². The summed E-state index contributed by atoms with van der Waals surface area (Å²) >= 11 is 0. The van der Waals surface area contributed by atoms with Gasteiger partial charge in [-0.3, -0.25) is 0 Å². The van der Waals surface area contributed by atoms with Gasteiger partial charge >= 0.3 is 10.2 Å². The van der Waals surface area contributed by atoms with Crippen molar-refractivity contribution in [3.63, 3.8) is 0 Å². The van der Waals surface area contributed by atoms with E-state index >= 15 is 0 Å². The number of nitrogens with zero attached hydrogens (tertiary/aromatic N) is 4. The van der Waals surface area contributed by atoms with Crippen LogP contribution in [0.4, 0.5) is 9.83 Å². The Morgan fingerprint density at radius 3 is 2.44 bits per heavy atom. The molecule has 9 heteroatoms. The Morgan fingerprint density at radius 2 is 1.76 bits per heavy atom. The minimum absolute atomic E-state index is 0.216. The van der Waals surface area contributed by atoms with Gasteiger partial charge in [0.1, 0.15) is 6.04 Å². The van der Waals surface area contributed by atoms with Crippen molar-refractivity contribution in [1.29, 1.82) is 0 Å². The van der Waals surface area contributed by atoms with E-state index in [1.54, 1.807) is 4.68 Å². The Balaban J connectivity index is 1.76. The van der Waals surface area contributed by atoms with Crippen molar-refractivity contribution in [2.75, 3.05) is 5.32 Å². The summed E-state index contributed by atoms with van der Waals surface area (Å²) in [5.74, 6) is 0.466. The Hall–Kier alpha value is -3.07. The van der Waals surface area contributed by atoms with Crippen molar-refractivity contribution >= 4 is 21.9 Å². The van der Waals surface area contributed by atoms with Gasteiger partial charge < -0.3 is 5.32 Å². The molecule has 0 saturated heterocycles. The first kappa shape index (κ1) is 15.5. The highest BCUT2D eigenvalue weighted by atomic mass is 32.3. The number of tetrazole rings is 1. The van der Waals surface area contributed by atoms with Crippen molar-refractivity contribution in [2.45, 2.75) is 10.9 Å². The fraction of sp³-hybridized carbons (Fsp3) is 0.0625. The SMILES string of the molecule is O=S(=O)(F)c1ccc(C2=C[C@@H](c3ccccc3)n3nnnc3N2)cc1. The molecule has 0 radical (unpaired) electrons. The largest absolute Gasteiger partial charge is 0.332 e. The first-order valence-electron chi connectivity index (χ1n) is 7.39. The molecule has 0 amide bonds. The number of rotatable bonds is 3. The van der Waals surface area contributed by atoms with E-state index in [4.69, 9.17) is 0 Å². The van der Waals surface area contributed by atoms with Gasteiger partial charge in [-0.1, -0.05) is 47.6 Å². The number of halogens is 1. The third-order valence-electron chi connectivity index (χ3n) is 3.92. The topological polar surface area (TPSA) is 89.8 Å². The van der Waals surface area contributed by atoms with Crippen LogP contribution in [-0.4, -0.2) is 28.6 Å². The maximum absolute atomic E-state index is 13.0. The Morgan fingerprint density at radius 1 is 1.04 bits per heavy atom. The van der Waals surface area contributed by atoms with E-state index in [0.717, 1.165) is 5.56 Å². The summed E-state index contributed by atoms with van der Waals surface area (Å²) in [5.41, 5.74) is 2.40. The molecule has 0 saturated carbocycles. The van der Waals surface area contributed by atoms with Crippen molar-refractivity contribution < 1.29 is 12.3 Å². The Labute approximate surface area is 143 Å². The molecule has 2 aromatic carbocycles. The minimum atomic E-state index is -4.72. The zero-order chi connectivity index (χ0) is 17.4. The lowest BCUT2D eigenvalue weighted by atomic mass is 10.0. The zero-order valence-electron chi connectivity index (χ0n) is 12.7. The molecule has 1 aliphatic heterocycles. The summed E-state index contributed by atoms with van der Waals surface area (Å²) in [5, 5.41) is 14.8. The van der Waals surface area contributed by atoms with E-state index in [2.05, 4.69) is 20.8 Å². The predicted octanol–water partition coefficient (Wildman–Crippen LogP) is 2.39. The molecule has 1 N–H and O–H groups in total. The molecule has 1 aromatic heterocycles. The smallest absolute Gasteiger partial charge is 0.323 e. The van der Waals surface area contributed by atoms with E-state index < -0.39 is 10.2 Å². The summed E-state index contributed by atoms with van der Waals surface area (Å²) < 4.78 is 36.6. The zero-order valence-corrected chi connectivity index (χ0v) is 13.6. The summed E-state index contributed by atoms with van der Waals surface area (Å²) in [4.78, 5) is -0.378. The molecule has 0 bridgehead atoms. The molecule has 7 nitrogen and oxygen atoms in total. The molecule has 0 aliphatic carbocycles. The maximum atomic E-state index is 13.0. The fourth-order valence-corrected chi connectivity index (χ4v) is 3.17. The van der Waals surface area contributed by atoms with Crippen LogP contribution in [0.3, 0.4) is 0 Å². The van der Waals surface area contributed by atoms with Gasteiger partial charge in [0.15, 0.2) is 0 Å². The van der Waals surface area contributed by atoms with Gasteiger partial charge in [0, 0.05) is 5.70 Å². The standard InChI is InChI=1S/C16H12FN5O2S/c17-25(23,24)13-8-6-11(7-9-13)14-10-15(12-4-2-1-3-5-12)22-16(18-14)19-20-21-22/h1-10,15H,(H,18,19,21)/t15-/m0/s1. The van der Waals surface area contributed by atoms with E-state index in [0.29, 0.717) is 17.2 Å². The average Bonchev–Trinajstić information content (AvgIpc) is 3.09. The van der Waals surface area contributed by atoms with Crippen molar-refractivity contribution in [3.8, 4) is 0 Å². The minimum Gasteiger partial charge on any atom is -0.323 e. The van der Waals surface area contributed by atoms with Gasteiger partial charge in [0.2, 0.25) is 5.95 Å². The molecule has 1 atom stereocenters. The number of anilines is 1. The lowest BCUT2D eigenvalue weighted by Crippen LogP contribution is -2.20. The van der Waals surface area contributed by atoms with Crippen molar-refractivity contribution in [3.05, 3.63) is 71.8 Å². The third kappa shape index (κ3) is 2.89. The quantitative estimate of drug-likeness (QED) is 0.724. The van der Waals surface area contributed by atoms with E-state index in [1.807, 2.05) is 36.4 Å². The molecular weight excluding hydrogens is 345 g/mol. The highest BCUT2D eigenvalue weighted by molar-refractivity contribution is 7.86. The number of fused-ring (bicyclic) bond motifs is 1. The molecular formula is C16H12FN5O2S. The van der Waals surface area contributed by atoms with Crippen LogP contribution in [0.15, 0.2) is 65.6 Å². The molecule has 0 fully saturated rings. The van der Waals surface area contributed by atoms with Gasteiger partial charge in [-0.25, -0.2) is 0 Å². The summed E-state index contributed by atoms with van der Waals surface area (Å²) in [6, 6.07) is 15.0. The second-order valence-electron chi connectivity index (χ2n) is 5.47. The van der Waals surface area contributed by atoms with Crippen LogP contribution < -0.4 is 5.32 Å². The average molecular weight is 357 g/mol. The second-order valence-corrected chi connectivity index (χ2v) is 6.82. The molecule has 4 rings (SSSR count). The fourth-order valence-electron chi connectivity index (χ4n) is 2.71. The third-order valence-corrected chi connectivity index (χ3v) is 4.75. The van der Waals surface area contributed by atoms with Crippen LogP contribution in [0, 0.1) is 0 Å². The van der Waals surface area contributed by atoms with Crippen LogP contribution in [-0.2, 0) is 10.2 Å². The number of nitrogens with one attached hydrogen (secondary N) is 1. The van der Waals surface area contributed by atoms with Gasteiger partial charge in [0.25, 0.3) is 0 Å². The van der Waals surface area contributed by atoms with E-state index in [1.165, 1.54) is 24.3 Å². The molecule has 1 aliphatic rings. The highest BCUT2D eigenvalue weighted by Gasteiger charge is 2.24. The first-order valence-corrected chi connectivity index (χ1v) is 8.77. The lowest BCUT2D eigenvalue weighted by Gasteiger charge is -2.23. The van der Waals surface area contributed by atoms with Crippen LogP contribution in [0.25, 0.3) is 5.70 Å². The van der Waals surface area contributed by atoms with Gasteiger partial charge in [-0.05, 0) is 39.8 Å². The number of allylic oxidation sites excluding steroid dienone is 1. The highest BCUT2D eigenvalue weighted by Crippen LogP contribution is 2.31. The number of hydrogen-bond donors (Lipinski definition) is 1. The monoisotopic (exact) mass is 357 g/mol. The number of benzene rings is 2. The van der Waals surface area contributed by atoms with Gasteiger partial charge in [-0.2, -0.15) is 13.1 Å². The Kier molecular flexibility index (Phi) is 3.57. The van der Waals surface area contributed by atoms with Crippen LogP contribution in [0.5, 0.6) is 0 Å². The summed E-state index contributed by atoms with van der Waals surface area (Å²) in [7, 11) is -4.72. The number of aromatic nitrogens is 4. The normalized spacial score (nSPS) is 16.7. The van der Waals surface area contributed by atoms with Crippen LogP contribution >= 0.6 is 0 Å². The molecule has 0 spiro atoms. The van der Waals surface area contributed by atoms with Gasteiger partial charge in [-0.15, -0.1) is 3.89 Å². The summed E-state index contributed by atoms with van der Waals surface area (Å²) in [6.07, 6.45) is 1.93. The molecule has 2 heterocycles. The molecule has 0 unspecified atom stereocenters. The Bertz CT molecular complexity index is 1050. The molecule has 3 aromatic rings. The predicted molar refractivity (Wildman–Crippen MR) is 88.7 cm³/mol. The second kappa shape index (κ2) is 5.78. The molecule has 25 heavy (non-hydrogen) atoms. The van der Waals surface area contributed by atoms with E-state index in [-0.39, 0.29) is 10.9 Å². The van der Waals surface area contributed by atoms with E-state index in [9.17, 15) is 12.3 Å². The first-order chi connectivity index (χ1) is 12.0.